The van der Waals surface area contributed by atoms with Crippen LogP contribution in [0.4, 0.5) is 26.3 Å². The van der Waals surface area contributed by atoms with Crippen LogP contribution in [0.1, 0.15) is 147 Å². The van der Waals surface area contributed by atoms with E-state index in [9.17, 15) is 69.5 Å². The number of hydrogen-bond donors (Lipinski definition) is 4. The molecule has 10 atom stereocenters. The molecule has 0 bridgehead atoms. The molecule has 2 aromatic rings. The first-order chi connectivity index (χ1) is 44.5. The molecule has 2 saturated carbocycles. The summed E-state index contributed by atoms with van der Waals surface area (Å²) in [5, 5.41) is 10.7. The van der Waals surface area contributed by atoms with Crippen molar-refractivity contribution in [3.63, 3.8) is 0 Å². The zero-order valence-corrected chi connectivity index (χ0v) is 56.4. The summed E-state index contributed by atoms with van der Waals surface area (Å²) < 4.78 is 82.7. The normalized spacial score (nSPS) is 27.5. The Labute approximate surface area is 555 Å². The third kappa shape index (κ3) is 17.4. The molecule has 0 aromatic heterocycles. The quantitative estimate of drug-likeness (QED) is 0.240. The molecule has 3 saturated heterocycles. The molecule has 5 aliphatic rings. The van der Waals surface area contributed by atoms with E-state index >= 15 is 9.59 Å². The van der Waals surface area contributed by atoms with Crippen molar-refractivity contribution in [1.29, 1.82) is 0 Å². The van der Waals surface area contributed by atoms with Gasteiger partial charge in [-0.1, -0.05) is 75.8 Å². The summed E-state index contributed by atoms with van der Waals surface area (Å²) in [4.78, 5) is 169. The Bertz CT molecular complexity index is 3200. The number of carbonyl (C=O) groups is 11. The molecule has 2 aliphatic carbocycles. The SMILES string of the molecule is CC[C@H](C)[C@@H]1NC(=O)[C@H](C)N(C)C(=O)C[C@@H](C)NC(=O)[C@H](C2CCCC2)N(C)C(=O)C2(CCCC2)NC(=O)[C@@H]2CCCN2C(=O)[C@H](CCc2ccc(C(F)(F)F)c(Cl)c2)NC(=O)CN(C)C(=O)[C@H](Cc2ccc(C(F)(F)F)cc2)N(C)C(=O)[C@@H]2CCN2C(=O)[C@H](C)N(C)C1=O. The minimum atomic E-state index is -4.80. The topological polar surface area (TPSA) is 259 Å². The van der Waals surface area contributed by atoms with Crippen molar-refractivity contribution in [2.75, 3.05) is 54.9 Å². The Balaban J connectivity index is 1.25. The van der Waals surface area contributed by atoms with Gasteiger partial charge in [0.1, 0.15) is 53.9 Å². The fourth-order valence-electron chi connectivity index (χ4n) is 13.6. The van der Waals surface area contributed by atoms with Gasteiger partial charge in [-0.25, -0.2) is 0 Å². The molecule has 22 nitrogen and oxygen atoms in total. The van der Waals surface area contributed by atoms with Crippen LogP contribution in [0.2, 0.25) is 5.02 Å². The Morgan fingerprint density at radius 3 is 1.81 bits per heavy atom. The second-order valence-corrected chi connectivity index (χ2v) is 26.9. The number of nitrogens with one attached hydrogen (secondary N) is 4. The van der Waals surface area contributed by atoms with E-state index in [1.807, 2.05) is 0 Å². The highest BCUT2D eigenvalue weighted by Crippen LogP contribution is 2.38. The monoisotopic (exact) mass is 1360 g/mol. The first-order valence-electron chi connectivity index (χ1n) is 32.7. The van der Waals surface area contributed by atoms with Gasteiger partial charge in [0.05, 0.1) is 22.7 Å². The maximum absolute atomic E-state index is 15.2. The number of carbonyl (C=O) groups excluding carboxylic acids is 11. The van der Waals surface area contributed by atoms with Crippen LogP contribution in [-0.4, -0.2) is 214 Å². The number of fused-ring (bicyclic) bond motifs is 2. The zero-order chi connectivity index (χ0) is 70.3. The third-order valence-electron chi connectivity index (χ3n) is 20.1. The predicted octanol–water partition coefficient (Wildman–Crippen LogP) is 5.49. The number of aryl methyl sites for hydroxylation is 1. The number of likely N-dealkylation sites (N-methyl/N-ethyl adjacent to an activating group) is 5. The van der Waals surface area contributed by atoms with Crippen molar-refractivity contribution in [2.45, 2.75) is 210 Å². The van der Waals surface area contributed by atoms with Crippen LogP contribution >= 0.6 is 11.6 Å². The highest BCUT2D eigenvalue weighted by atomic mass is 35.5. The van der Waals surface area contributed by atoms with Crippen LogP contribution in [-0.2, 0) is 77.9 Å². The Morgan fingerprint density at radius 1 is 0.611 bits per heavy atom. The molecule has 1 spiro atoms. The van der Waals surface area contributed by atoms with E-state index < -0.39 is 172 Å². The lowest BCUT2D eigenvalue weighted by atomic mass is 9.90. The second-order valence-electron chi connectivity index (χ2n) is 26.5. The van der Waals surface area contributed by atoms with Crippen LogP contribution in [0.5, 0.6) is 0 Å². The number of nitrogens with zero attached hydrogens (tertiary/aromatic N) is 7. The average molecular weight is 1360 g/mol. The van der Waals surface area contributed by atoms with E-state index in [0.29, 0.717) is 32.1 Å². The number of amides is 11. The maximum atomic E-state index is 15.2. The van der Waals surface area contributed by atoms with Crippen molar-refractivity contribution in [2.24, 2.45) is 11.8 Å². The first kappa shape index (κ1) is 74.9. The molecule has 2 aromatic carbocycles. The van der Waals surface area contributed by atoms with Gasteiger partial charge in [-0.05, 0) is 126 Å². The largest absolute Gasteiger partial charge is 0.417 e. The van der Waals surface area contributed by atoms with E-state index in [1.54, 1.807) is 20.8 Å². The van der Waals surface area contributed by atoms with Gasteiger partial charge in [0, 0.05) is 67.2 Å². The maximum Gasteiger partial charge on any atom is 0.417 e. The van der Waals surface area contributed by atoms with E-state index in [4.69, 9.17) is 11.6 Å². The Morgan fingerprint density at radius 2 is 1.23 bits per heavy atom. The number of benzene rings is 2. The van der Waals surface area contributed by atoms with Gasteiger partial charge in [-0.3, -0.25) is 52.7 Å². The Hall–Kier alpha value is -7.52. The highest BCUT2D eigenvalue weighted by molar-refractivity contribution is 6.31. The fraction of sp³-hybridized carbons (Fsp3) is 0.652. The summed E-state index contributed by atoms with van der Waals surface area (Å²) in [7, 11) is 6.72. The van der Waals surface area contributed by atoms with Crippen molar-refractivity contribution in [3.8, 4) is 0 Å². The van der Waals surface area contributed by atoms with Gasteiger partial charge in [-0.15, -0.1) is 0 Å². The molecule has 95 heavy (non-hydrogen) atoms. The number of halogens is 7. The van der Waals surface area contributed by atoms with Gasteiger partial charge < -0.3 is 55.6 Å². The fourth-order valence-corrected chi connectivity index (χ4v) is 13.9. The van der Waals surface area contributed by atoms with Crippen LogP contribution in [0.15, 0.2) is 42.5 Å². The lowest BCUT2D eigenvalue weighted by Gasteiger charge is -2.45. The van der Waals surface area contributed by atoms with Gasteiger partial charge in [0.25, 0.3) is 0 Å². The minimum absolute atomic E-state index is 0.0103. The van der Waals surface area contributed by atoms with Gasteiger partial charge in [0.15, 0.2) is 0 Å². The molecule has 4 N–H and O–H groups in total. The number of rotatable bonds is 8. The predicted molar refractivity (Wildman–Crippen MR) is 337 cm³/mol. The third-order valence-corrected chi connectivity index (χ3v) is 20.4. The highest BCUT2D eigenvalue weighted by Gasteiger charge is 2.51. The summed E-state index contributed by atoms with van der Waals surface area (Å²) in [6.07, 6.45) is -5.61. The molecule has 5 fully saturated rings. The lowest BCUT2D eigenvalue weighted by Crippen LogP contribution is -2.65. The molecular formula is C66H90ClF6N11O11. The van der Waals surface area contributed by atoms with E-state index in [1.165, 1.54) is 68.7 Å². The van der Waals surface area contributed by atoms with Crippen molar-refractivity contribution >= 4 is 76.6 Å². The summed E-state index contributed by atoms with van der Waals surface area (Å²) in [6, 6.07) is -4.12. The van der Waals surface area contributed by atoms with Crippen LogP contribution in [0.25, 0.3) is 0 Å². The standard InChI is InChI=1S/C66H90ClF6N11O11/c1-11-37(2)53-62(94)80(8)40(5)58(90)84-32-28-49(84)61(93)81(9)50(35-42-20-24-44(25-21-42)65(68,69)70)60(92)78(6)36-51(85)75-47(27-23-41-22-26-45(46(67)34-41)66(71,72)73)59(91)83-31-16-19-48(83)56(88)77-64(29-14-15-30-64)63(95)82(10)54(43-17-12-13-18-43)57(89)74-38(3)33-52(86)79(7)39(4)55(87)76-53/h20-22,24-26,34,37-40,43,47-50,53-54H,11-19,23,27-33,35-36H2,1-10H3,(H,74,89)(H,75,85)(H,76,87)(H,77,88)/t37-,38+,39-,40-,47-,48-,49-,50-,53-,54-/m0/s1. The zero-order valence-electron chi connectivity index (χ0n) is 55.6. The number of hydrogen-bond acceptors (Lipinski definition) is 11. The summed E-state index contributed by atoms with van der Waals surface area (Å²) in [6.45, 7) is 7.24. The van der Waals surface area contributed by atoms with Crippen molar-refractivity contribution < 1.29 is 79.1 Å². The molecular weight excluding hydrogens is 1270 g/mol. The smallest absolute Gasteiger partial charge is 0.351 e. The second kappa shape index (κ2) is 31.1. The molecule has 0 unspecified atom stereocenters. The molecule has 524 valence electrons. The summed E-state index contributed by atoms with van der Waals surface area (Å²) in [5.41, 5.74) is -3.24. The molecule has 3 heterocycles. The Kier molecular flexibility index (Phi) is 24.5. The first-order valence-corrected chi connectivity index (χ1v) is 33.1. The van der Waals surface area contributed by atoms with Crippen LogP contribution in [0, 0.1) is 11.8 Å². The number of alkyl halides is 6. The van der Waals surface area contributed by atoms with Gasteiger partial charge in [-0.2, -0.15) is 26.3 Å². The lowest BCUT2D eigenvalue weighted by molar-refractivity contribution is -0.160. The average Bonchev–Trinajstić information content (AvgIpc) is 1.61. The summed E-state index contributed by atoms with van der Waals surface area (Å²) >= 11 is 6.10. The van der Waals surface area contributed by atoms with Gasteiger partial charge >= 0.3 is 12.4 Å². The van der Waals surface area contributed by atoms with Crippen molar-refractivity contribution in [3.05, 3.63) is 69.7 Å². The molecule has 7 rings (SSSR count). The van der Waals surface area contributed by atoms with Crippen LogP contribution in [0.3, 0.4) is 0 Å². The summed E-state index contributed by atoms with van der Waals surface area (Å²) in [5.74, 6) is -8.60. The van der Waals surface area contributed by atoms with E-state index in [0.717, 1.165) is 70.0 Å². The van der Waals surface area contributed by atoms with E-state index in [-0.39, 0.29) is 81.5 Å². The molecule has 3 aliphatic heterocycles. The van der Waals surface area contributed by atoms with Gasteiger partial charge in [0.2, 0.25) is 65.0 Å². The van der Waals surface area contributed by atoms with Crippen LogP contribution < -0.4 is 21.3 Å². The van der Waals surface area contributed by atoms with E-state index in [2.05, 4.69) is 21.3 Å². The molecule has 29 heteroatoms. The van der Waals surface area contributed by atoms with Crippen molar-refractivity contribution in [1.82, 2.24) is 55.6 Å². The molecule has 0 radical (unpaired) electrons. The molecule has 11 amide bonds. The minimum Gasteiger partial charge on any atom is -0.351 e.